The summed E-state index contributed by atoms with van der Waals surface area (Å²) in [6, 6.07) is 4.42. The highest BCUT2D eigenvalue weighted by atomic mass is 32.2. The highest BCUT2D eigenvalue weighted by Crippen LogP contribution is 2.16. The summed E-state index contributed by atoms with van der Waals surface area (Å²) in [5, 5.41) is 0. The van der Waals surface area contributed by atoms with Crippen LogP contribution in [0.15, 0.2) is 23.1 Å². The SMILES string of the molecule is COC(=O)c1cc(S(=O)(=O)NCCCN(C)C)ccc1C. The normalized spacial score (nSPS) is 11.7. The van der Waals surface area contributed by atoms with Gasteiger partial charge >= 0.3 is 5.97 Å². The van der Waals surface area contributed by atoms with Gasteiger partial charge in [0, 0.05) is 6.54 Å². The topological polar surface area (TPSA) is 75.7 Å². The Kier molecular flexibility index (Phi) is 6.32. The predicted octanol–water partition coefficient (Wildman–Crippen LogP) is 1.01. The second kappa shape index (κ2) is 7.53. The zero-order valence-electron chi connectivity index (χ0n) is 12.8. The highest BCUT2D eigenvalue weighted by Gasteiger charge is 2.17. The van der Waals surface area contributed by atoms with E-state index in [1.165, 1.54) is 19.2 Å². The van der Waals surface area contributed by atoms with Crippen LogP contribution in [0.25, 0.3) is 0 Å². The van der Waals surface area contributed by atoms with Crippen LogP contribution in [-0.2, 0) is 14.8 Å². The first kappa shape index (κ1) is 17.6. The summed E-state index contributed by atoms with van der Waals surface area (Å²) in [7, 11) is 1.51. The fraction of sp³-hybridized carbons (Fsp3) is 0.500. The Morgan fingerprint density at radius 2 is 2.00 bits per heavy atom. The molecule has 0 aromatic heterocycles. The van der Waals surface area contributed by atoms with Crippen LogP contribution in [0.3, 0.4) is 0 Å². The van der Waals surface area contributed by atoms with Crippen molar-refractivity contribution in [1.29, 1.82) is 0 Å². The number of nitrogens with one attached hydrogen (secondary N) is 1. The molecule has 0 radical (unpaired) electrons. The number of methoxy groups -OCH3 is 1. The Hall–Kier alpha value is -1.44. The lowest BCUT2D eigenvalue weighted by atomic mass is 10.1. The van der Waals surface area contributed by atoms with Gasteiger partial charge in [-0.3, -0.25) is 0 Å². The van der Waals surface area contributed by atoms with Crippen molar-refractivity contribution in [3.05, 3.63) is 29.3 Å². The Labute approximate surface area is 126 Å². The van der Waals surface area contributed by atoms with Crippen molar-refractivity contribution in [2.24, 2.45) is 0 Å². The van der Waals surface area contributed by atoms with Gasteiger partial charge in [-0.15, -0.1) is 0 Å². The summed E-state index contributed by atoms with van der Waals surface area (Å²) in [4.78, 5) is 13.7. The summed E-state index contributed by atoms with van der Waals surface area (Å²) in [5.41, 5.74) is 0.932. The van der Waals surface area contributed by atoms with Crippen LogP contribution in [0.4, 0.5) is 0 Å². The van der Waals surface area contributed by atoms with Gasteiger partial charge in [-0.25, -0.2) is 17.9 Å². The van der Waals surface area contributed by atoms with Crippen LogP contribution in [0.1, 0.15) is 22.3 Å². The minimum atomic E-state index is -3.62. The molecule has 1 rings (SSSR count). The van der Waals surface area contributed by atoms with E-state index >= 15 is 0 Å². The molecule has 0 aliphatic rings. The number of ether oxygens (including phenoxy) is 1. The van der Waals surface area contributed by atoms with Crippen molar-refractivity contribution in [2.75, 3.05) is 34.3 Å². The number of nitrogens with zero attached hydrogens (tertiary/aromatic N) is 1. The first-order chi connectivity index (χ1) is 9.77. The van der Waals surface area contributed by atoms with Gasteiger partial charge in [-0.05, 0) is 51.7 Å². The van der Waals surface area contributed by atoms with Gasteiger partial charge in [0.05, 0.1) is 17.6 Å². The average Bonchev–Trinajstić information content (AvgIpc) is 2.43. The first-order valence-corrected chi connectivity index (χ1v) is 8.09. The van der Waals surface area contributed by atoms with E-state index in [0.717, 1.165) is 6.54 Å². The number of hydrogen-bond acceptors (Lipinski definition) is 5. The molecule has 0 aliphatic carbocycles. The van der Waals surface area contributed by atoms with E-state index in [9.17, 15) is 13.2 Å². The van der Waals surface area contributed by atoms with E-state index in [2.05, 4.69) is 9.46 Å². The number of carbonyl (C=O) groups excluding carboxylic acids is 1. The molecule has 0 atom stereocenters. The molecule has 1 aromatic carbocycles. The Bertz CT molecular complexity index is 597. The van der Waals surface area contributed by atoms with Crippen molar-refractivity contribution in [1.82, 2.24) is 9.62 Å². The number of benzene rings is 1. The van der Waals surface area contributed by atoms with Crippen LogP contribution in [-0.4, -0.2) is 53.6 Å². The van der Waals surface area contributed by atoms with Gasteiger partial charge in [0.2, 0.25) is 10.0 Å². The number of esters is 1. The Morgan fingerprint density at radius 1 is 1.33 bits per heavy atom. The van der Waals surface area contributed by atoms with Gasteiger partial charge in [-0.1, -0.05) is 6.07 Å². The van der Waals surface area contributed by atoms with Gasteiger partial charge < -0.3 is 9.64 Å². The molecule has 1 aromatic rings. The van der Waals surface area contributed by atoms with Gasteiger partial charge in [-0.2, -0.15) is 0 Å². The first-order valence-electron chi connectivity index (χ1n) is 6.61. The molecular formula is C14H22N2O4S. The number of hydrogen-bond donors (Lipinski definition) is 1. The minimum Gasteiger partial charge on any atom is -0.465 e. The molecule has 1 N–H and O–H groups in total. The predicted molar refractivity (Wildman–Crippen MR) is 80.9 cm³/mol. The van der Waals surface area contributed by atoms with Crippen molar-refractivity contribution >= 4 is 16.0 Å². The van der Waals surface area contributed by atoms with Crippen molar-refractivity contribution < 1.29 is 17.9 Å². The average molecular weight is 314 g/mol. The molecular weight excluding hydrogens is 292 g/mol. The quantitative estimate of drug-likeness (QED) is 0.600. The van der Waals surface area contributed by atoms with E-state index in [1.54, 1.807) is 13.0 Å². The molecule has 0 saturated heterocycles. The van der Waals surface area contributed by atoms with E-state index in [1.807, 2.05) is 19.0 Å². The van der Waals surface area contributed by atoms with E-state index in [0.29, 0.717) is 18.5 Å². The largest absolute Gasteiger partial charge is 0.465 e. The van der Waals surface area contributed by atoms with E-state index in [-0.39, 0.29) is 10.5 Å². The smallest absolute Gasteiger partial charge is 0.338 e. The third-order valence-corrected chi connectivity index (χ3v) is 4.46. The standard InChI is InChI=1S/C14H22N2O4S/c1-11-6-7-12(10-13(11)14(17)20-4)21(18,19)15-8-5-9-16(2)3/h6-7,10,15H,5,8-9H2,1-4H3. The molecule has 0 bridgehead atoms. The van der Waals surface area contributed by atoms with Gasteiger partial charge in [0.25, 0.3) is 0 Å². The molecule has 0 saturated carbocycles. The summed E-state index contributed by atoms with van der Waals surface area (Å²) < 4.78 is 31.5. The van der Waals surface area contributed by atoms with Crippen LogP contribution in [0, 0.1) is 6.92 Å². The molecule has 0 heterocycles. The Balaban J connectivity index is 2.86. The molecule has 0 aliphatic heterocycles. The molecule has 118 valence electrons. The minimum absolute atomic E-state index is 0.0679. The fourth-order valence-corrected chi connectivity index (χ4v) is 2.88. The third kappa shape index (κ3) is 5.11. The van der Waals surface area contributed by atoms with E-state index < -0.39 is 16.0 Å². The lowest BCUT2D eigenvalue weighted by Crippen LogP contribution is -2.27. The zero-order valence-corrected chi connectivity index (χ0v) is 13.7. The summed E-state index contributed by atoms with van der Waals surface area (Å²) in [6.07, 6.45) is 0.710. The lowest BCUT2D eigenvalue weighted by molar-refractivity contribution is 0.0599. The van der Waals surface area contributed by atoms with Crippen LogP contribution in [0.2, 0.25) is 0 Å². The summed E-state index contributed by atoms with van der Waals surface area (Å²) >= 11 is 0. The number of aryl methyl sites for hydroxylation is 1. The molecule has 0 spiro atoms. The van der Waals surface area contributed by atoms with Gasteiger partial charge in [0.15, 0.2) is 0 Å². The number of carbonyl (C=O) groups is 1. The molecule has 21 heavy (non-hydrogen) atoms. The fourth-order valence-electron chi connectivity index (χ4n) is 1.78. The van der Waals surface area contributed by atoms with Crippen molar-refractivity contribution in [2.45, 2.75) is 18.2 Å². The second-order valence-electron chi connectivity index (χ2n) is 5.02. The third-order valence-electron chi connectivity index (χ3n) is 3.00. The lowest BCUT2D eigenvalue weighted by Gasteiger charge is -2.11. The van der Waals surface area contributed by atoms with Crippen molar-refractivity contribution in [3.8, 4) is 0 Å². The second-order valence-corrected chi connectivity index (χ2v) is 6.79. The molecule has 0 fully saturated rings. The molecule has 7 heteroatoms. The maximum atomic E-state index is 12.2. The molecule has 0 unspecified atom stereocenters. The maximum Gasteiger partial charge on any atom is 0.338 e. The van der Waals surface area contributed by atoms with Crippen molar-refractivity contribution in [3.63, 3.8) is 0 Å². The van der Waals surface area contributed by atoms with Crippen LogP contribution >= 0.6 is 0 Å². The monoisotopic (exact) mass is 314 g/mol. The van der Waals surface area contributed by atoms with Crippen LogP contribution < -0.4 is 4.72 Å². The van der Waals surface area contributed by atoms with Crippen LogP contribution in [0.5, 0.6) is 0 Å². The Morgan fingerprint density at radius 3 is 2.57 bits per heavy atom. The number of sulfonamides is 1. The summed E-state index contributed by atoms with van der Waals surface area (Å²) in [5.74, 6) is -0.544. The highest BCUT2D eigenvalue weighted by molar-refractivity contribution is 7.89. The maximum absolute atomic E-state index is 12.2. The number of rotatable bonds is 7. The molecule has 0 amide bonds. The van der Waals surface area contributed by atoms with E-state index in [4.69, 9.17) is 0 Å². The molecule has 6 nitrogen and oxygen atoms in total. The zero-order chi connectivity index (χ0) is 16.0. The van der Waals surface area contributed by atoms with Gasteiger partial charge in [0.1, 0.15) is 0 Å². The summed E-state index contributed by atoms with van der Waals surface area (Å²) in [6.45, 7) is 2.87.